The molecular formula is C20H22BrN3O6. The van der Waals surface area contributed by atoms with Crippen LogP contribution in [0.1, 0.15) is 5.56 Å². The van der Waals surface area contributed by atoms with Crippen molar-refractivity contribution in [1.82, 2.24) is 14.8 Å². The number of hydrogen-bond acceptors (Lipinski definition) is 6. The number of aliphatic carboxylic acids is 2. The summed E-state index contributed by atoms with van der Waals surface area (Å²) in [4.78, 5) is 38.8. The van der Waals surface area contributed by atoms with Gasteiger partial charge in [-0.25, -0.2) is 9.59 Å². The molecule has 0 atom stereocenters. The van der Waals surface area contributed by atoms with Crippen molar-refractivity contribution in [1.29, 1.82) is 0 Å². The number of carboxylic acids is 2. The van der Waals surface area contributed by atoms with Crippen molar-refractivity contribution in [3.63, 3.8) is 0 Å². The van der Waals surface area contributed by atoms with E-state index in [-0.39, 0.29) is 12.5 Å². The maximum absolute atomic E-state index is 12.3. The maximum atomic E-state index is 12.3. The number of pyridine rings is 1. The third kappa shape index (κ3) is 8.18. The molecule has 0 bridgehead atoms. The smallest absolute Gasteiger partial charge is 0.414 e. The lowest BCUT2D eigenvalue weighted by Gasteiger charge is -2.34. The number of piperazine rings is 1. The molecule has 3 rings (SSSR count). The van der Waals surface area contributed by atoms with Crippen LogP contribution >= 0.6 is 15.9 Å². The Balaban J connectivity index is 0.000000469. The van der Waals surface area contributed by atoms with Crippen molar-refractivity contribution < 1.29 is 29.3 Å². The molecule has 10 heteroatoms. The first-order valence-electron chi connectivity index (χ1n) is 9.09. The second kappa shape index (κ2) is 11.9. The van der Waals surface area contributed by atoms with E-state index in [1.807, 2.05) is 41.4 Å². The number of rotatable bonds is 5. The van der Waals surface area contributed by atoms with E-state index < -0.39 is 11.9 Å². The minimum absolute atomic E-state index is 0.0407. The summed E-state index contributed by atoms with van der Waals surface area (Å²) in [6.45, 7) is 4.19. The van der Waals surface area contributed by atoms with Crippen LogP contribution in [-0.2, 0) is 20.9 Å². The minimum Gasteiger partial charge on any atom is -0.484 e. The number of carboxylic acid groups (broad SMARTS) is 2. The zero-order valence-electron chi connectivity index (χ0n) is 16.1. The first-order valence-corrected chi connectivity index (χ1v) is 9.88. The average molecular weight is 480 g/mol. The summed E-state index contributed by atoms with van der Waals surface area (Å²) in [7, 11) is 0. The molecule has 2 aromatic rings. The Labute approximate surface area is 182 Å². The van der Waals surface area contributed by atoms with Gasteiger partial charge in [-0.1, -0.05) is 22.0 Å². The van der Waals surface area contributed by atoms with Crippen LogP contribution in [0.2, 0.25) is 0 Å². The molecule has 1 aliphatic heterocycles. The second-order valence-corrected chi connectivity index (χ2v) is 7.29. The predicted octanol–water partition coefficient (Wildman–Crippen LogP) is 1.72. The largest absolute Gasteiger partial charge is 0.484 e. The van der Waals surface area contributed by atoms with Crippen LogP contribution in [0.3, 0.4) is 0 Å². The highest BCUT2D eigenvalue weighted by Crippen LogP contribution is 2.16. The van der Waals surface area contributed by atoms with E-state index in [1.54, 1.807) is 6.20 Å². The lowest BCUT2D eigenvalue weighted by Crippen LogP contribution is -2.49. The van der Waals surface area contributed by atoms with Crippen LogP contribution < -0.4 is 4.74 Å². The minimum atomic E-state index is -1.82. The Morgan fingerprint density at radius 1 is 1.00 bits per heavy atom. The number of halogens is 1. The van der Waals surface area contributed by atoms with Gasteiger partial charge in [-0.05, 0) is 35.9 Å². The van der Waals surface area contributed by atoms with Crippen molar-refractivity contribution in [2.75, 3.05) is 32.8 Å². The predicted molar refractivity (Wildman–Crippen MR) is 111 cm³/mol. The highest BCUT2D eigenvalue weighted by atomic mass is 79.9. The van der Waals surface area contributed by atoms with Gasteiger partial charge in [0.05, 0.1) is 0 Å². The van der Waals surface area contributed by atoms with Crippen LogP contribution in [0.25, 0.3) is 0 Å². The Morgan fingerprint density at radius 2 is 1.63 bits per heavy atom. The molecule has 160 valence electrons. The zero-order valence-corrected chi connectivity index (χ0v) is 17.7. The average Bonchev–Trinajstić information content (AvgIpc) is 2.75. The molecule has 1 aromatic heterocycles. The highest BCUT2D eigenvalue weighted by molar-refractivity contribution is 9.10. The molecule has 1 aromatic carbocycles. The van der Waals surface area contributed by atoms with E-state index in [0.29, 0.717) is 5.75 Å². The molecule has 2 heterocycles. The van der Waals surface area contributed by atoms with Crippen molar-refractivity contribution in [3.8, 4) is 5.75 Å². The van der Waals surface area contributed by atoms with E-state index >= 15 is 0 Å². The van der Waals surface area contributed by atoms with E-state index in [1.165, 1.54) is 5.56 Å². The van der Waals surface area contributed by atoms with Gasteiger partial charge in [0, 0.05) is 49.6 Å². The standard InChI is InChI=1S/C18H20BrN3O2.C2H2O4/c19-16-3-5-17(6-4-16)24-14-18(23)22-10-8-21(9-11-22)13-15-2-1-7-20-12-15;3-1(4)2(5)6/h1-7,12H,8-11,13-14H2;(H,3,4)(H,5,6). The first kappa shape index (κ1) is 23.3. The monoisotopic (exact) mass is 479 g/mol. The number of carbonyl (C=O) groups excluding carboxylic acids is 1. The molecule has 0 spiro atoms. The molecule has 30 heavy (non-hydrogen) atoms. The first-order chi connectivity index (χ1) is 14.3. The van der Waals surface area contributed by atoms with Gasteiger partial charge in [-0.15, -0.1) is 0 Å². The molecule has 1 fully saturated rings. The van der Waals surface area contributed by atoms with E-state index in [4.69, 9.17) is 24.5 Å². The molecule has 2 N–H and O–H groups in total. The topological polar surface area (TPSA) is 120 Å². The number of carbonyl (C=O) groups is 3. The van der Waals surface area contributed by atoms with Gasteiger partial charge in [0.15, 0.2) is 6.61 Å². The molecule has 0 radical (unpaired) electrons. The number of amides is 1. The molecule has 1 amide bonds. The van der Waals surface area contributed by atoms with E-state index in [9.17, 15) is 4.79 Å². The number of aromatic nitrogens is 1. The Kier molecular flexibility index (Phi) is 9.23. The van der Waals surface area contributed by atoms with Crippen molar-refractivity contribution in [3.05, 3.63) is 58.8 Å². The summed E-state index contributed by atoms with van der Waals surface area (Å²) >= 11 is 3.38. The summed E-state index contributed by atoms with van der Waals surface area (Å²) < 4.78 is 6.56. The molecule has 1 saturated heterocycles. The van der Waals surface area contributed by atoms with Gasteiger partial charge in [0.2, 0.25) is 0 Å². The molecule has 0 saturated carbocycles. The van der Waals surface area contributed by atoms with Gasteiger partial charge in [-0.3, -0.25) is 14.7 Å². The van der Waals surface area contributed by atoms with Gasteiger partial charge in [0.1, 0.15) is 5.75 Å². The van der Waals surface area contributed by atoms with Crippen molar-refractivity contribution in [2.24, 2.45) is 0 Å². The Morgan fingerprint density at radius 3 is 2.17 bits per heavy atom. The lowest BCUT2D eigenvalue weighted by atomic mass is 10.2. The molecule has 1 aliphatic rings. The maximum Gasteiger partial charge on any atom is 0.414 e. The number of benzene rings is 1. The molecule has 9 nitrogen and oxygen atoms in total. The van der Waals surface area contributed by atoms with Gasteiger partial charge in [0.25, 0.3) is 5.91 Å². The number of nitrogens with zero attached hydrogens (tertiary/aromatic N) is 3. The molecule has 0 unspecified atom stereocenters. The van der Waals surface area contributed by atoms with Crippen LogP contribution in [0.4, 0.5) is 0 Å². The normalized spacial score (nSPS) is 13.7. The summed E-state index contributed by atoms with van der Waals surface area (Å²) in [5.74, 6) is -2.90. The number of hydrogen-bond donors (Lipinski definition) is 2. The zero-order chi connectivity index (χ0) is 21.9. The third-order valence-corrected chi connectivity index (χ3v) is 4.74. The second-order valence-electron chi connectivity index (χ2n) is 6.37. The molecule has 0 aliphatic carbocycles. The van der Waals surface area contributed by atoms with E-state index in [0.717, 1.165) is 37.2 Å². The Bertz CT molecular complexity index is 827. The number of ether oxygens (including phenoxy) is 1. The summed E-state index contributed by atoms with van der Waals surface area (Å²) in [5.41, 5.74) is 1.20. The van der Waals surface area contributed by atoms with Gasteiger partial charge < -0.3 is 19.8 Å². The van der Waals surface area contributed by atoms with Crippen molar-refractivity contribution in [2.45, 2.75) is 6.54 Å². The van der Waals surface area contributed by atoms with Crippen molar-refractivity contribution >= 4 is 33.8 Å². The van der Waals surface area contributed by atoms with Gasteiger partial charge >= 0.3 is 11.9 Å². The van der Waals surface area contributed by atoms with E-state index in [2.05, 4.69) is 31.9 Å². The Hall–Kier alpha value is -2.98. The SMILES string of the molecule is O=C(COc1ccc(Br)cc1)N1CCN(Cc2cccnc2)CC1.O=C(O)C(=O)O. The summed E-state index contributed by atoms with van der Waals surface area (Å²) in [5, 5.41) is 14.8. The summed E-state index contributed by atoms with van der Waals surface area (Å²) in [6.07, 6.45) is 3.68. The van der Waals surface area contributed by atoms with Gasteiger partial charge in [-0.2, -0.15) is 0 Å². The summed E-state index contributed by atoms with van der Waals surface area (Å²) in [6, 6.07) is 11.5. The van der Waals surface area contributed by atoms with Crippen LogP contribution in [0, 0.1) is 0 Å². The quantitative estimate of drug-likeness (QED) is 0.621. The van der Waals surface area contributed by atoms with Crippen LogP contribution in [-0.4, -0.2) is 75.6 Å². The highest BCUT2D eigenvalue weighted by Gasteiger charge is 2.21. The fourth-order valence-corrected chi connectivity index (χ4v) is 2.94. The fraction of sp³-hybridized carbons (Fsp3) is 0.300. The molecular weight excluding hydrogens is 458 g/mol. The van der Waals surface area contributed by atoms with Crippen LogP contribution in [0.15, 0.2) is 53.3 Å². The lowest BCUT2D eigenvalue weighted by molar-refractivity contribution is -0.159. The third-order valence-electron chi connectivity index (χ3n) is 4.21. The fourth-order valence-electron chi connectivity index (χ4n) is 2.67. The van der Waals surface area contributed by atoms with Crippen LogP contribution in [0.5, 0.6) is 5.75 Å².